The fraction of sp³-hybridized carbons (Fsp3) is 0.556. The summed E-state index contributed by atoms with van der Waals surface area (Å²) < 4.78 is 50.8. The molecule has 2 saturated heterocycles. The largest absolute Gasteiger partial charge is 0.465 e. The molecule has 218 valence electrons. The first kappa shape index (κ1) is 29.8. The number of benzene rings is 1. The minimum absolute atomic E-state index is 0.0400. The van der Waals surface area contributed by atoms with Gasteiger partial charge in [0.2, 0.25) is 5.95 Å². The molecule has 2 aliphatic rings. The number of aryl methyl sites for hydroxylation is 1. The molecule has 1 amide bonds. The van der Waals surface area contributed by atoms with Gasteiger partial charge in [0.25, 0.3) is 11.8 Å². The summed E-state index contributed by atoms with van der Waals surface area (Å²) in [6.45, 7) is 7.39. The standard InChI is InChI=1S/C27H35F3N6O3S/c1-4-39-23(37)16-40-34-19-14-20(28)24(21(15-19)35-9-5-17(2)6-10-35)25(38)32-22-13-18(3)31-26(33-22)36-11-7-27(29,30)8-12-36/h13-15,17,34H,4-12,16H2,1-3H3,(H,31,32,33,38). The first-order valence-corrected chi connectivity index (χ1v) is 14.4. The van der Waals surface area contributed by atoms with Crippen molar-refractivity contribution >= 4 is 47.0 Å². The molecule has 2 aromatic rings. The van der Waals surface area contributed by atoms with Crippen LogP contribution in [0.15, 0.2) is 18.2 Å². The number of amides is 1. The van der Waals surface area contributed by atoms with Gasteiger partial charge in [0.05, 0.1) is 17.9 Å². The van der Waals surface area contributed by atoms with Gasteiger partial charge in [-0.05, 0) is 56.7 Å². The van der Waals surface area contributed by atoms with Gasteiger partial charge in [0.1, 0.15) is 17.4 Å². The van der Waals surface area contributed by atoms with Crippen LogP contribution in [0.3, 0.4) is 0 Å². The summed E-state index contributed by atoms with van der Waals surface area (Å²) in [6, 6.07) is 4.48. The third-order valence-electron chi connectivity index (χ3n) is 6.97. The van der Waals surface area contributed by atoms with Crippen molar-refractivity contribution in [1.29, 1.82) is 0 Å². The second-order valence-electron chi connectivity index (χ2n) is 10.2. The molecule has 0 bridgehead atoms. The maximum atomic E-state index is 15.6. The molecule has 2 aliphatic heterocycles. The Hall–Kier alpha value is -3.22. The zero-order chi connectivity index (χ0) is 28.9. The number of ether oxygens (including phenoxy) is 1. The molecular weight excluding hydrogens is 545 g/mol. The highest BCUT2D eigenvalue weighted by Crippen LogP contribution is 2.33. The van der Waals surface area contributed by atoms with E-state index in [-0.39, 0.29) is 61.6 Å². The van der Waals surface area contributed by atoms with Crippen LogP contribution in [-0.4, -0.2) is 66.3 Å². The number of hydrogen-bond acceptors (Lipinski definition) is 9. The van der Waals surface area contributed by atoms with Crippen molar-refractivity contribution in [2.24, 2.45) is 5.92 Å². The van der Waals surface area contributed by atoms with E-state index in [1.54, 1.807) is 30.9 Å². The lowest BCUT2D eigenvalue weighted by molar-refractivity contribution is -0.139. The van der Waals surface area contributed by atoms with Gasteiger partial charge in [-0.15, -0.1) is 0 Å². The van der Waals surface area contributed by atoms with Crippen molar-refractivity contribution in [3.63, 3.8) is 0 Å². The number of carbonyl (C=O) groups excluding carboxylic acids is 2. The van der Waals surface area contributed by atoms with Gasteiger partial charge in [-0.1, -0.05) is 6.92 Å². The van der Waals surface area contributed by atoms with Crippen LogP contribution >= 0.6 is 11.9 Å². The lowest BCUT2D eigenvalue weighted by Crippen LogP contribution is -2.40. The second-order valence-corrected chi connectivity index (χ2v) is 11.0. The minimum atomic E-state index is -2.71. The normalized spacial score (nSPS) is 17.4. The van der Waals surface area contributed by atoms with E-state index in [0.29, 0.717) is 36.1 Å². The molecular formula is C27H35F3N6O3S. The Morgan fingerprint density at radius 2 is 1.80 bits per heavy atom. The van der Waals surface area contributed by atoms with E-state index in [0.717, 1.165) is 24.8 Å². The average Bonchev–Trinajstić information content (AvgIpc) is 2.88. The lowest BCUT2D eigenvalue weighted by atomic mass is 9.97. The molecule has 0 saturated carbocycles. The molecule has 0 spiro atoms. The highest BCUT2D eigenvalue weighted by atomic mass is 32.2. The molecule has 4 rings (SSSR count). The summed E-state index contributed by atoms with van der Waals surface area (Å²) in [5.74, 6) is -3.53. The van der Waals surface area contributed by atoms with E-state index in [9.17, 15) is 18.4 Å². The summed E-state index contributed by atoms with van der Waals surface area (Å²) in [6.07, 6.45) is 1.21. The summed E-state index contributed by atoms with van der Waals surface area (Å²) >= 11 is 1.07. The maximum absolute atomic E-state index is 15.6. The molecule has 0 radical (unpaired) electrons. The van der Waals surface area contributed by atoms with E-state index >= 15 is 4.39 Å². The van der Waals surface area contributed by atoms with Crippen molar-refractivity contribution in [1.82, 2.24) is 9.97 Å². The van der Waals surface area contributed by atoms with Crippen molar-refractivity contribution < 1.29 is 27.5 Å². The van der Waals surface area contributed by atoms with Gasteiger partial charge in [-0.25, -0.2) is 18.2 Å². The zero-order valence-electron chi connectivity index (χ0n) is 22.9. The molecule has 1 aromatic heterocycles. The van der Waals surface area contributed by atoms with Crippen molar-refractivity contribution in [2.45, 2.75) is 52.4 Å². The number of esters is 1. The van der Waals surface area contributed by atoms with Crippen LogP contribution in [0.5, 0.6) is 0 Å². The van der Waals surface area contributed by atoms with Crippen LogP contribution in [-0.2, 0) is 9.53 Å². The number of hydrogen-bond donors (Lipinski definition) is 2. The van der Waals surface area contributed by atoms with Gasteiger partial charge in [-0.2, -0.15) is 4.98 Å². The summed E-state index contributed by atoms with van der Waals surface area (Å²) in [5, 5.41) is 2.70. The van der Waals surface area contributed by atoms with Crippen molar-refractivity contribution in [2.75, 3.05) is 58.4 Å². The van der Waals surface area contributed by atoms with E-state index < -0.39 is 17.6 Å². The van der Waals surface area contributed by atoms with E-state index in [1.165, 1.54) is 6.07 Å². The monoisotopic (exact) mass is 580 g/mol. The molecule has 0 atom stereocenters. The number of nitrogens with zero attached hydrogens (tertiary/aromatic N) is 4. The van der Waals surface area contributed by atoms with E-state index in [4.69, 9.17) is 4.74 Å². The van der Waals surface area contributed by atoms with Gasteiger partial charge in [-0.3, -0.25) is 9.59 Å². The molecule has 9 nitrogen and oxygen atoms in total. The predicted molar refractivity (Wildman–Crippen MR) is 151 cm³/mol. The number of aromatic nitrogens is 2. The number of carbonyl (C=O) groups is 2. The summed E-state index contributed by atoms with van der Waals surface area (Å²) in [5.41, 5.74) is 1.28. The number of anilines is 4. The van der Waals surface area contributed by atoms with Crippen molar-refractivity contribution in [3.8, 4) is 0 Å². The Bertz CT molecular complexity index is 1220. The molecule has 0 unspecified atom stereocenters. The fourth-order valence-electron chi connectivity index (χ4n) is 4.73. The summed E-state index contributed by atoms with van der Waals surface area (Å²) in [4.78, 5) is 37.6. The van der Waals surface area contributed by atoms with Gasteiger partial charge in [0.15, 0.2) is 0 Å². The van der Waals surface area contributed by atoms with E-state index in [2.05, 4.69) is 26.9 Å². The van der Waals surface area contributed by atoms with Gasteiger partial charge < -0.3 is 24.6 Å². The van der Waals surface area contributed by atoms with Crippen LogP contribution in [0, 0.1) is 18.7 Å². The minimum Gasteiger partial charge on any atom is -0.465 e. The number of halogens is 3. The molecule has 1 aromatic carbocycles. The molecule has 2 fully saturated rings. The Morgan fingerprint density at radius 1 is 1.10 bits per heavy atom. The number of piperidine rings is 2. The molecule has 2 N–H and O–H groups in total. The van der Waals surface area contributed by atoms with Crippen LogP contribution in [0.4, 0.5) is 36.3 Å². The first-order chi connectivity index (χ1) is 19.0. The number of alkyl halides is 2. The highest BCUT2D eigenvalue weighted by molar-refractivity contribution is 8.01. The number of nitrogens with one attached hydrogen (secondary N) is 2. The molecule has 3 heterocycles. The highest BCUT2D eigenvalue weighted by Gasteiger charge is 2.35. The first-order valence-electron chi connectivity index (χ1n) is 13.5. The third kappa shape index (κ3) is 7.70. The predicted octanol–water partition coefficient (Wildman–Crippen LogP) is 5.27. The Labute approximate surface area is 236 Å². The zero-order valence-corrected chi connectivity index (χ0v) is 23.8. The SMILES string of the molecule is CCOC(=O)CSNc1cc(F)c(C(=O)Nc2cc(C)nc(N3CCC(F)(F)CC3)n2)c(N2CCC(C)CC2)c1. The average molecular weight is 581 g/mol. The van der Waals surface area contributed by atoms with Gasteiger partial charge in [0, 0.05) is 56.5 Å². The van der Waals surface area contributed by atoms with Crippen LogP contribution < -0.4 is 19.8 Å². The van der Waals surface area contributed by atoms with E-state index in [1.807, 2.05) is 4.90 Å². The van der Waals surface area contributed by atoms with Crippen LogP contribution in [0.2, 0.25) is 0 Å². The Morgan fingerprint density at radius 3 is 2.48 bits per heavy atom. The van der Waals surface area contributed by atoms with Crippen LogP contribution in [0.25, 0.3) is 0 Å². The van der Waals surface area contributed by atoms with Crippen LogP contribution in [0.1, 0.15) is 55.6 Å². The molecule has 0 aliphatic carbocycles. The Kier molecular flexibility index (Phi) is 9.64. The summed E-state index contributed by atoms with van der Waals surface area (Å²) in [7, 11) is 0. The van der Waals surface area contributed by atoms with Crippen molar-refractivity contribution in [3.05, 3.63) is 35.3 Å². The fourth-order valence-corrected chi connectivity index (χ4v) is 5.28. The Balaban J connectivity index is 1.56. The maximum Gasteiger partial charge on any atom is 0.317 e. The second kappa shape index (κ2) is 13.0. The smallest absolute Gasteiger partial charge is 0.317 e. The number of rotatable bonds is 9. The topological polar surface area (TPSA) is 99.7 Å². The third-order valence-corrected chi connectivity index (χ3v) is 7.73. The van der Waals surface area contributed by atoms with Gasteiger partial charge >= 0.3 is 5.97 Å². The lowest BCUT2D eigenvalue weighted by Gasteiger charge is -2.33. The molecule has 13 heteroatoms. The quantitative estimate of drug-likeness (QED) is 0.304. The molecule has 40 heavy (non-hydrogen) atoms.